The number of benzene rings is 2. The lowest BCUT2D eigenvalue weighted by Crippen LogP contribution is -2.50. The van der Waals surface area contributed by atoms with Crippen molar-refractivity contribution < 1.29 is 32.0 Å². The zero-order chi connectivity index (χ0) is 22.3. The molecule has 1 atom stereocenters. The Hall–Kier alpha value is -2.85. The van der Waals surface area contributed by atoms with Gasteiger partial charge in [0.15, 0.2) is 14.6 Å². The third-order valence-electron chi connectivity index (χ3n) is 5.48. The van der Waals surface area contributed by atoms with E-state index in [1.54, 1.807) is 6.07 Å². The van der Waals surface area contributed by atoms with E-state index in [9.17, 15) is 26.8 Å². The third-order valence-corrected chi connectivity index (χ3v) is 7.51. The minimum absolute atomic E-state index is 0.0613. The highest BCUT2D eigenvalue weighted by Crippen LogP contribution is 2.31. The van der Waals surface area contributed by atoms with E-state index < -0.39 is 32.1 Å². The Labute approximate surface area is 172 Å². The number of nitrogens with zero attached hydrogens (tertiary/aromatic N) is 1. The fourth-order valence-corrected chi connectivity index (χ4v) is 4.23. The smallest absolute Gasteiger partial charge is 0.264 e. The predicted octanol–water partition coefficient (Wildman–Crippen LogP) is 2.29. The van der Waals surface area contributed by atoms with Gasteiger partial charge in [0.25, 0.3) is 11.8 Å². The Morgan fingerprint density at radius 1 is 1.20 bits per heavy atom. The van der Waals surface area contributed by atoms with Gasteiger partial charge in [0.1, 0.15) is 11.6 Å². The largest absolute Gasteiger partial charge is 0.334 e. The molecule has 3 rings (SSSR count). The lowest BCUT2D eigenvalue weighted by atomic mass is 10.00. The number of fused-ring (bicyclic) bond motifs is 1. The van der Waals surface area contributed by atoms with E-state index in [4.69, 9.17) is 5.21 Å². The summed E-state index contributed by atoms with van der Waals surface area (Å²) >= 11 is 0. The van der Waals surface area contributed by atoms with Crippen LogP contribution in [0.3, 0.4) is 0 Å². The molecule has 2 N–H and O–H groups in total. The van der Waals surface area contributed by atoms with Crippen LogP contribution >= 0.6 is 0 Å². The number of sulfone groups is 1. The van der Waals surface area contributed by atoms with E-state index in [1.165, 1.54) is 29.4 Å². The quantitative estimate of drug-likeness (QED) is 0.532. The van der Waals surface area contributed by atoms with Gasteiger partial charge >= 0.3 is 0 Å². The summed E-state index contributed by atoms with van der Waals surface area (Å²) in [7, 11) is -3.89. The highest BCUT2D eigenvalue weighted by Gasteiger charge is 2.44. The summed E-state index contributed by atoms with van der Waals surface area (Å²) in [4.78, 5) is 26.0. The highest BCUT2D eigenvalue weighted by atomic mass is 32.2. The number of rotatable bonds is 6. The predicted molar refractivity (Wildman–Crippen MR) is 104 cm³/mol. The Morgan fingerprint density at radius 2 is 1.90 bits per heavy atom. The van der Waals surface area contributed by atoms with Crippen LogP contribution in [0.5, 0.6) is 0 Å². The molecule has 0 saturated carbocycles. The molecule has 0 saturated heterocycles. The molecule has 2 amide bonds. The van der Waals surface area contributed by atoms with E-state index in [-0.39, 0.29) is 31.0 Å². The topological polar surface area (TPSA) is 104 Å². The minimum Gasteiger partial charge on any atom is -0.334 e. The van der Waals surface area contributed by atoms with Crippen LogP contribution in [0.15, 0.2) is 36.4 Å². The van der Waals surface area contributed by atoms with E-state index in [2.05, 4.69) is 0 Å². The molecule has 10 heteroatoms. The van der Waals surface area contributed by atoms with Gasteiger partial charge in [-0.15, -0.1) is 0 Å². The molecule has 1 heterocycles. The van der Waals surface area contributed by atoms with E-state index in [0.717, 1.165) is 24.5 Å². The van der Waals surface area contributed by atoms with Crippen LogP contribution < -0.4 is 5.48 Å². The summed E-state index contributed by atoms with van der Waals surface area (Å²) in [5.41, 5.74) is 2.77. The maximum Gasteiger partial charge on any atom is 0.264 e. The van der Waals surface area contributed by atoms with Gasteiger partial charge in [0.05, 0.1) is 0 Å². The Kier molecular flexibility index (Phi) is 5.66. The van der Waals surface area contributed by atoms with Crippen molar-refractivity contribution in [2.45, 2.75) is 24.6 Å². The van der Waals surface area contributed by atoms with Crippen LogP contribution in [0.2, 0.25) is 0 Å². The average Bonchev–Trinajstić information content (AvgIpc) is 3.01. The number of hydrogen-bond donors (Lipinski definition) is 2. The van der Waals surface area contributed by atoms with Gasteiger partial charge in [-0.25, -0.2) is 22.7 Å². The standard InChI is InChI=1S/C20H20F2N2O5S/c1-20(19(26)23-27,30(2,28)29)7-8-24-11-13-9-12(3-5-15(13)18(24)25)16-10-14(21)4-6-17(16)22/h3-6,9-10,27H,7-8,11H2,1-2H3,(H,23,26). The minimum atomic E-state index is -3.89. The lowest BCUT2D eigenvalue weighted by molar-refractivity contribution is -0.131. The van der Waals surface area contributed by atoms with Crippen LogP contribution in [0.4, 0.5) is 8.78 Å². The number of amides is 2. The molecule has 0 bridgehead atoms. The number of nitrogens with one attached hydrogen (secondary N) is 1. The Bertz CT molecular complexity index is 1140. The van der Waals surface area contributed by atoms with E-state index in [1.807, 2.05) is 0 Å². The first-order valence-electron chi connectivity index (χ1n) is 8.99. The zero-order valence-electron chi connectivity index (χ0n) is 16.3. The van der Waals surface area contributed by atoms with Crippen LogP contribution in [-0.2, 0) is 21.2 Å². The summed E-state index contributed by atoms with van der Waals surface area (Å²) in [6, 6.07) is 7.70. The fourth-order valence-electron chi connectivity index (χ4n) is 3.38. The molecule has 0 aromatic heterocycles. The maximum atomic E-state index is 14.1. The molecule has 2 aromatic carbocycles. The number of hydrogen-bond acceptors (Lipinski definition) is 5. The van der Waals surface area contributed by atoms with Crippen LogP contribution in [0.1, 0.15) is 29.3 Å². The van der Waals surface area contributed by atoms with Crippen molar-refractivity contribution in [3.05, 3.63) is 59.2 Å². The number of halogens is 2. The fraction of sp³-hybridized carbons (Fsp3) is 0.300. The van der Waals surface area contributed by atoms with Crippen molar-refractivity contribution in [2.75, 3.05) is 12.8 Å². The maximum absolute atomic E-state index is 14.1. The van der Waals surface area contributed by atoms with Crippen molar-refractivity contribution in [2.24, 2.45) is 0 Å². The molecule has 160 valence electrons. The summed E-state index contributed by atoms with van der Waals surface area (Å²) < 4.78 is 49.8. The second-order valence-electron chi connectivity index (χ2n) is 7.42. The summed E-state index contributed by atoms with van der Waals surface area (Å²) in [6.07, 6.45) is 0.645. The van der Waals surface area contributed by atoms with Gasteiger partial charge in [0, 0.05) is 30.5 Å². The second-order valence-corrected chi connectivity index (χ2v) is 9.86. The summed E-state index contributed by atoms with van der Waals surface area (Å²) in [5, 5.41) is 8.90. The van der Waals surface area contributed by atoms with Crippen molar-refractivity contribution in [1.82, 2.24) is 10.4 Å². The molecule has 0 spiro atoms. The number of hydroxylamine groups is 1. The van der Waals surface area contributed by atoms with Crippen LogP contribution in [0, 0.1) is 11.6 Å². The molecule has 0 aliphatic carbocycles. The van der Waals surface area contributed by atoms with Crippen LogP contribution in [0.25, 0.3) is 11.1 Å². The van der Waals surface area contributed by atoms with E-state index in [0.29, 0.717) is 16.7 Å². The van der Waals surface area contributed by atoms with Crippen LogP contribution in [-0.4, -0.2) is 47.9 Å². The molecule has 30 heavy (non-hydrogen) atoms. The van der Waals surface area contributed by atoms with Gasteiger partial charge in [-0.2, -0.15) is 0 Å². The van der Waals surface area contributed by atoms with Gasteiger partial charge in [-0.3, -0.25) is 14.8 Å². The molecule has 2 aromatic rings. The van der Waals surface area contributed by atoms with Crippen molar-refractivity contribution in [1.29, 1.82) is 0 Å². The van der Waals surface area contributed by atoms with Gasteiger partial charge in [-0.05, 0) is 54.8 Å². The van der Waals surface area contributed by atoms with Crippen molar-refractivity contribution >= 4 is 21.7 Å². The summed E-state index contributed by atoms with van der Waals surface area (Å²) in [5.74, 6) is -2.64. The molecule has 1 aliphatic rings. The molecule has 7 nitrogen and oxygen atoms in total. The molecule has 1 aliphatic heterocycles. The molecular weight excluding hydrogens is 418 g/mol. The SMILES string of the molecule is CC(CCN1Cc2cc(-c3cc(F)ccc3F)ccc2C1=O)(C(=O)NO)S(C)(=O)=O. The van der Waals surface area contributed by atoms with E-state index >= 15 is 0 Å². The first-order valence-corrected chi connectivity index (χ1v) is 10.9. The number of carbonyl (C=O) groups excluding carboxylic acids is 2. The van der Waals surface area contributed by atoms with Gasteiger partial charge in [-0.1, -0.05) is 6.07 Å². The summed E-state index contributed by atoms with van der Waals surface area (Å²) in [6.45, 7) is 1.24. The third kappa shape index (κ3) is 3.80. The van der Waals surface area contributed by atoms with Crippen molar-refractivity contribution in [3.8, 4) is 11.1 Å². The van der Waals surface area contributed by atoms with Gasteiger partial charge < -0.3 is 4.90 Å². The lowest BCUT2D eigenvalue weighted by Gasteiger charge is -2.27. The second kappa shape index (κ2) is 7.77. The Balaban J connectivity index is 1.84. The molecular formula is C20H20F2N2O5S. The molecule has 0 radical (unpaired) electrons. The average molecular weight is 438 g/mol. The molecule has 1 unspecified atom stereocenters. The monoisotopic (exact) mass is 438 g/mol. The molecule has 0 fully saturated rings. The highest BCUT2D eigenvalue weighted by molar-refractivity contribution is 7.92. The van der Waals surface area contributed by atoms with Gasteiger partial charge in [0.2, 0.25) is 0 Å². The zero-order valence-corrected chi connectivity index (χ0v) is 17.1. The van der Waals surface area contributed by atoms with Crippen molar-refractivity contribution in [3.63, 3.8) is 0 Å². The first-order chi connectivity index (χ1) is 14.0. The first kappa shape index (κ1) is 21.8. The Morgan fingerprint density at radius 3 is 2.53 bits per heavy atom. The number of carbonyl (C=O) groups is 2. The normalized spacial score (nSPS) is 15.6.